The summed E-state index contributed by atoms with van der Waals surface area (Å²) in [5.74, 6) is 0. The minimum absolute atomic E-state index is 0.0616. The maximum atomic E-state index is 13.2. The molecule has 1 aliphatic heterocycles. The minimum Gasteiger partial charge on any atom is -0.324 e. The number of aromatic nitrogens is 1. The Hall–Kier alpha value is -2.70. The second kappa shape index (κ2) is 8.92. The molecule has 2 aliphatic rings. The monoisotopic (exact) mass is 460 g/mol. The number of hydrogen-bond acceptors (Lipinski definition) is 3. The molecule has 3 aromatic rings. The maximum absolute atomic E-state index is 13.2. The Bertz CT molecular complexity index is 1240. The summed E-state index contributed by atoms with van der Waals surface area (Å²) in [6, 6.07) is 15.3. The molecular weight excluding hydrogens is 428 g/mol. The lowest BCUT2D eigenvalue weighted by Gasteiger charge is -2.37. The first-order chi connectivity index (χ1) is 16.0. The Balaban J connectivity index is 1.71. The summed E-state index contributed by atoms with van der Waals surface area (Å²) in [6.07, 6.45) is 4.46. The van der Waals surface area contributed by atoms with Gasteiger partial charge in [-0.2, -0.15) is 0 Å². The van der Waals surface area contributed by atoms with Crippen LogP contribution in [0.2, 0.25) is 0 Å². The van der Waals surface area contributed by atoms with E-state index < -0.39 is 0 Å². The predicted octanol–water partition coefficient (Wildman–Crippen LogP) is 5.75. The number of hydrogen-bond donors (Lipinski definition) is 1. The summed E-state index contributed by atoms with van der Waals surface area (Å²) < 4.78 is 2.05. The Morgan fingerprint density at radius 1 is 1.15 bits per heavy atom. The summed E-state index contributed by atoms with van der Waals surface area (Å²) in [4.78, 5) is 18.7. The third kappa shape index (κ3) is 3.75. The molecule has 6 heteroatoms. The molecule has 0 bridgehead atoms. The van der Waals surface area contributed by atoms with Crippen molar-refractivity contribution in [2.75, 3.05) is 32.1 Å². The molecule has 0 radical (unpaired) electrons. The number of carbonyl (C=O) groups excluding carboxylic acids is 1. The lowest BCUT2D eigenvalue weighted by atomic mass is 9.82. The van der Waals surface area contributed by atoms with Crippen LogP contribution in [0.25, 0.3) is 16.5 Å². The number of nitrogens with zero attached hydrogens (tertiary/aromatic N) is 3. The van der Waals surface area contributed by atoms with Crippen LogP contribution in [0.4, 0.5) is 4.79 Å². The SMILES string of the molecule is CCN(CC)C(=O)Nn1c(Sc2ccccc2C)c2c3c(cccc31)C1=CCCN(C)[C@@H]1C2. The van der Waals surface area contributed by atoms with E-state index in [1.165, 1.54) is 32.5 Å². The van der Waals surface area contributed by atoms with Crippen molar-refractivity contribution in [3.63, 3.8) is 0 Å². The number of carbonyl (C=O) groups is 1. The van der Waals surface area contributed by atoms with Gasteiger partial charge in [0, 0.05) is 36.0 Å². The molecule has 2 aromatic carbocycles. The third-order valence-electron chi connectivity index (χ3n) is 7.05. The molecule has 1 N–H and O–H groups in total. The van der Waals surface area contributed by atoms with Crippen molar-refractivity contribution in [2.45, 2.75) is 49.6 Å². The first-order valence-corrected chi connectivity index (χ1v) is 12.7. The molecule has 0 saturated carbocycles. The van der Waals surface area contributed by atoms with E-state index in [-0.39, 0.29) is 6.03 Å². The van der Waals surface area contributed by atoms with Crippen molar-refractivity contribution in [1.29, 1.82) is 0 Å². The highest BCUT2D eigenvalue weighted by Crippen LogP contribution is 2.46. The number of urea groups is 1. The normalized spacial score (nSPS) is 17.6. The van der Waals surface area contributed by atoms with E-state index in [4.69, 9.17) is 0 Å². The molecule has 1 aliphatic carbocycles. The number of nitrogens with one attached hydrogen (secondary N) is 1. The molecule has 0 saturated heterocycles. The fraction of sp³-hybridized carbons (Fsp3) is 0.370. The van der Waals surface area contributed by atoms with Gasteiger partial charge in [-0.1, -0.05) is 48.2 Å². The van der Waals surface area contributed by atoms with E-state index in [1.807, 2.05) is 23.4 Å². The molecular formula is C27H32N4OS. The summed E-state index contributed by atoms with van der Waals surface area (Å²) >= 11 is 1.76. The highest BCUT2D eigenvalue weighted by Gasteiger charge is 2.34. The lowest BCUT2D eigenvalue weighted by molar-refractivity contribution is 0.214. The number of benzene rings is 2. The highest BCUT2D eigenvalue weighted by molar-refractivity contribution is 7.99. The van der Waals surface area contributed by atoms with Crippen LogP contribution in [0.1, 0.15) is 37.0 Å². The van der Waals surface area contributed by atoms with Crippen LogP contribution in [-0.4, -0.2) is 53.2 Å². The Labute approximate surface area is 200 Å². The van der Waals surface area contributed by atoms with Gasteiger partial charge < -0.3 is 4.90 Å². The number of aryl methyl sites for hydroxylation is 1. The van der Waals surface area contributed by atoms with Crippen LogP contribution in [-0.2, 0) is 6.42 Å². The molecule has 33 heavy (non-hydrogen) atoms. The van der Waals surface area contributed by atoms with Gasteiger partial charge in [0.2, 0.25) is 0 Å². The fourth-order valence-electron chi connectivity index (χ4n) is 5.20. The van der Waals surface area contributed by atoms with Crippen molar-refractivity contribution in [2.24, 2.45) is 0 Å². The number of amides is 2. The number of rotatable bonds is 5. The molecule has 0 spiro atoms. The van der Waals surface area contributed by atoms with Crippen LogP contribution in [0, 0.1) is 6.92 Å². The molecule has 2 heterocycles. The summed E-state index contributed by atoms with van der Waals surface area (Å²) in [5, 5.41) is 2.40. The van der Waals surface area contributed by atoms with E-state index in [0.29, 0.717) is 19.1 Å². The second-order valence-corrected chi connectivity index (χ2v) is 9.95. The van der Waals surface area contributed by atoms with E-state index in [0.717, 1.165) is 29.9 Å². The van der Waals surface area contributed by atoms with Crippen LogP contribution < -0.4 is 5.43 Å². The lowest BCUT2D eigenvalue weighted by Crippen LogP contribution is -2.39. The smallest absolute Gasteiger partial charge is 0.324 e. The van der Waals surface area contributed by atoms with E-state index >= 15 is 0 Å². The molecule has 0 unspecified atom stereocenters. The van der Waals surface area contributed by atoms with Crippen molar-refractivity contribution < 1.29 is 4.79 Å². The quantitative estimate of drug-likeness (QED) is 0.527. The minimum atomic E-state index is -0.0616. The zero-order chi connectivity index (χ0) is 23.1. The van der Waals surface area contributed by atoms with Gasteiger partial charge in [0.05, 0.1) is 5.52 Å². The van der Waals surface area contributed by atoms with Crippen LogP contribution in [0.5, 0.6) is 0 Å². The van der Waals surface area contributed by atoms with Gasteiger partial charge in [-0.05, 0) is 75.1 Å². The molecule has 2 amide bonds. The van der Waals surface area contributed by atoms with Gasteiger partial charge in [-0.25, -0.2) is 14.9 Å². The standard InChI is InChI=1S/C27H32N4OS/c1-5-30(6-2)27(32)28-31-22-14-9-12-20-19-13-10-16-29(4)23(19)17-21(25(20)22)26(31)33-24-15-8-7-11-18(24)3/h7-9,11-15,23H,5-6,10,16-17H2,1-4H3,(H,28,32)/t23-/m1/s1. The van der Waals surface area contributed by atoms with Gasteiger partial charge in [0.1, 0.15) is 5.03 Å². The highest BCUT2D eigenvalue weighted by atomic mass is 32.2. The summed E-state index contributed by atoms with van der Waals surface area (Å²) in [6.45, 7) is 8.63. The largest absolute Gasteiger partial charge is 0.336 e. The topological polar surface area (TPSA) is 40.5 Å². The van der Waals surface area contributed by atoms with Crippen LogP contribution in [0.15, 0.2) is 58.5 Å². The molecule has 5 rings (SSSR count). The average Bonchev–Trinajstić information content (AvgIpc) is 3.10. The number of likely N-dealkylation sites (N-methyl/N-ethyl adjacent to an activating group) is 1. The molecule has 172 valence electrons. The Kier molecular flexibility index (Phi) is 5.97. The van der Waals surface area contributed by atoms with E-state index in [9.17, 15) is 4.79 Å². The molecule has 1 aromatic heterocycles. The van der Waals surface area contributed by atoms with Crippen molar-refractivity contribution in [3.05, 3.63) is 65.2 Å². The third-order valence-corrected chi connectivity index (χ3v) is 8.35. The Morgan fingerprint density at radius 3 is 2.70 bits per heavy atom. The zero-order valence-corrected chi connectivity index (χ0v) is 20.7. The van der Waals surface area contributed by atoms with Gasteiger partial charge in [-0.15, -0.1) is 0 Å². The molecule has 5 nitrogen and oxygen atoms in total. The second-order valence-electron chi connectivity index (χ2n) is 8.92. The summed E-state index contributed by atoms with van der Waals surface area (Å²) in [5.41, 5.74) is 9.65. The van der Waals surface area contributed by atoms with Crippen LogP contribution >= 0.6 is 11.8 Å². The first-order valence-electron chi connectivity index (χ1n) is 11.9. The number of fused-ring (bicyclic) bond motifs is 2. The van der Waals surface area contributed by atoms with E-state index in [2.05, 4.69) is 72.8 Å². The maximum Gasteiger partial charge on any atom is 0.336 e. The zero-order valence-electron chi connectivity index (χ0n) is 19.9. The predicted molar refractivity (Wildman–Crippen MR) is 138 cm³/mol. The van der Waals surface area contributed by atoms with Crippen molar-refractivity contribution >= 4 is 34.3 Å². The van der Waals surface area contributed by atoms with Gasteiger partial charge >= 0.3 is 6.03 Å². The van der Waals surface area contributed by atoms with Crippen molar-refractivity contribution in [1.82, 2.24) is 14.5 Å². The molecule has 1 atom stereocenters. The van der Waals surface area contributed by atoms with Gasteiger partial charge in [0.15, 0.2) is 0 Å². The Morgan fingerprint density at radius 2 is 1.94 bits per heavy atom. The van der Waals surface area contributed by atoms with Gasteiger partial charge in [0.25, 0.3) is 0 Å². The van der Waals surface area contributed by atoms with E-state index in [1.54, 1.807) is 11.8 Å². The summed E-state index contributed by atoms with van der Waals surface area (Å²) in [7, 11) is 2.23. The van der Waals surface area contributed by atoms with Gasteiger partial charge in [-0.3, -0.25) is 4.90 Å². The van der Waals surface area contributed by atoms with Crippen LogP contribution in [0.3, 0.4) is 0 Å². The van der Waals surface area contributed by atoms with Crippen molar-refractivity contribution in [3.8, 4) is 0 Å². The molecule has 0 fully saturated rings. The average molecular weight is 461 g/mol. The first kappa shape index (κ1) is 22.1. The fourth-order valence-corrected chi connectivity index (χ4v) is 6.32.